The summed E-state index contributed by atoms with van der Waals surface area (Å²) in [5, 5.41) is 8.12. The molecule has 2 heterocycles. The van der Waals surface area contributed by atoms with Crippen molar-refractivity contribution >= 4 is 46.3 Å². The number of hydrogen-bond acceptors (Lipinski definition) is 7. The molecule has 1 aromatic carbocycles. The van der Waals surface area contributed by atoms with Crippen molar-refractivity contribution in [3.8, 4) is 0 Å². The summed E-state index contributed by atoms with van der Waals surface area (Å²) < 4.78 is 5.96. The van der Waals surface area contributed by atoms with Gasteiger partial charge in [0.15, 0.2) is 0 Å². The number of halogens is 1. The van der Waals surface area contributed by atoms with Gasteiger partial charge in [-0.15, -0.1) is 11.3 Å². The van der Waals surface area contributed by atoms with E-state index in [1.807, 2.05) is 36.3 Å². The van der Waals surface area contributed by atoms with E-state index in [9.17, 15) is 9.59 Å². The normalized spacial score (nSPS) is 15.9. The van der Waals surface area contributed by atoms with E-state index in [0.717, 1.165) is 31.0 Å². The van der Waals surface area contributed by atoms with Crippen LogP contribution < -0.4 is 26.0 Å². The number of nitrogens with zero attached hydrogens (tertiary/aromatic N) is 2. The molecule has 1 saturated heterocycles. The molecule has 1 aliphatic rings. The maximum Gasteiger partial charge on any atom is 0.414 e. The third-order valence-electron chi connectivity index (χ3n) is 4.67. The fraction of sp³-hybridized carbons (Fsp3) is 0.400. The number of carbonyl (C=O) groups is 2. The first kappa shape index (κ1) is 22.4. The Morgan fingerprint density at radius 3 is 2.70 bits per heavy atom. The van der Waals surface area contributed by atoms with Crippen molar-refractivity contribution < 1.29 is 14.3 Å². The maximum absolute atomic E-state index is 12.3. The van der Waals surface area contributed by atoms with Crippen LogP contribution in [0.25, 0.3) is 0 Å². The van der Waals surface area contributed by atoms with E-state index < -0.39 is 12.2 Å². The Hall–Kier alpha value is -2.33. The van der Waals surface area contributed by atoms with E-state index in [4.69, 9.17) is 16.3 Å². The molecule has 1 aromatic heterocycles. The molecule has 1 unspecified atom stereocenters. The molecule has 30 heavy (non-hydrogen) atoms. The number of rotatable bonds is 10. The summed E-state index contributed by atoms with van der Waals surface area (Å²) in [5.41, 5.74) is 4.92. The van der Waals surface area contributed by atoms with Gasteiger partial charge in [-0.1, -0.05) is 18.5 Å². The largest absolute Gasteiger partial charge is 0.442 e. The van der Waals surface area contributed by atoms with Crippen LogP contribution >= 0.6 is 22.9 Å². The van der Waals surface area contributed by atoms with E-state index in [1.54, 1.807) is 17.0 Å². The fourth-order valence-electron chi connectivity index (χ4n) is 3.12. The van der Waals surface area contributed by atoms with Crippen LogP contribution in [0.2, 0.25) is 4.34 Å². The molecule has 0 spiro atoms. The average molecular weight is 452 g/mol. The molecule has 1 fully saturated rings. The fourth-order valence-corrected chi connectivity index (χ4v) is 4.08. The summed E-state index contributed by atoms with van der Waals surface area (Å²) in [5.74, 6) is -0.226. The molecular weight excluding hydrogens is 426 g/mol. The Morgan fingerprint density at radius 1 is 1.30 bits per heavy atom. The highest BCUT2D eigenvalue weighted by molar-refractivity contribution is 7.17. The number of hydrazine groups is 1. The third kappa shape index (κ3) is 5.63. The lowest BCUT2D eigenvalue weighted by molar-refractivity contribution is 0.0920. The molecule has 8 nitrogen and oxygen atoms in total. The monoisotopic (exact) mass is 451 g/mol. The number of nitrogens with one attached hydrogen (secondary N) is 3. The second-order valence-corrected chi connectivity index (χ2v) is 8.39. The minimum absolute atomic E-state index is 0.226. The molecule has 0 bridgehead atoms. The van der Waals surface area contributed by atoms with Crippen molar-refractivity contribution in [3.05, 3.63) is 45.6 Å². The van der Waals surface area contributed by atoms with Gasteiger partial charge in [0.25, 0.3) is 5.91 Å². The number of amides is 2. The molecule has 3 rings (SSSR count). The van der Waals surface area contributed by atoms with Crippen LogP contribution in [0.5, 0.6) is 0 Å². The van der Waals surface area contributed by atoms with Gasteiger partial charge in [-0.05, 0) is 42.9 Å². The lowest BCUT2D eigenvalue weighted by Gasteiger charge is -2.24. The summed E-state index contributed by atoms with van der Waals surface area (Å²) >= 11 is 7.07. The van der Waals surface area contributed by atoms with Crippen LogP contribution in [0.15, 0.2) is 36.4 Å². The molecule has 162 valence electrons. The van der Waals surface area contributed by atoms with Gasteiger partial charge in [0.2, 0.25) is 0 Å². The predicted molar refractivity (Wildman–Crippen MR) is 121 cm³/mol. The SMILES string of the molecule is CCNCCN(NC)c1ccc(N2CC(CNC(=O)c3ccc(Cl)s3)OC2=O)cc1. The van der Waals surface area contributed by atoms with Crippen LogP contribution in [0.4, 0.5) is 16.2 Å². The lowest BCUT2D eigenvalue weighted by Crippen LogP contribution is -2.40. The van der Waals surface area contributed by atoms with Gasteiger partial charge < -0.3 is 20.4 Å². The van der Waals surface area contributed by atoms with Gasteiger partial charge >= 0.3 is 6.09 Å². The summed E-state index contributed by atoms with van der Waals surface area (Å²) in [4.78, 5) is 26.5. The number of anilines is 2. The second kappa shape index (κ2) is 10.6. The topological polar surface area (TPSA) is 85.9 Å². The molecule has 1 atom stereocenters. The average Bonchev–Trinajstić information content (AvgIpc) is 3.35. The van der Waals surface area contributed by atoms with Gasteiger partial charge in [0.1, 0.15) is 6.10 Å². The van der Waals surface area contributed by atoms with Gasteiger partial charge in [-0.3, -0.25) is 9.69 Å². The quantitative estimate of drug-likeness (QED) is 0.380. The standard InChI is InChI=1S/C20H26ClN5O3S/c1-3-23-10-11-26(22-2)15-6-4-14(5-7-15)25-13-16(29-20(25)28)12-24-19(27)17-8-9-18(21)30-17/h4-9,16,22-23H,3,10-13H2,1-2H3,(H,24,27). The van der Waals surface area contributed by atoms with E-state index in [1.165, 1.54) is 11.3 Å². The van der Waals surface area contributed by atoms with E-state index in [0.29, 0.717) is 15.8 Å². The summed E-state index contributed by atoms with van der Waals surface area (Å²) in [6, 6.07) is 11.0. The molecule has 10 heteroatoms. The first-order valence-corrected chi connectivity index (χ1v) is 11.0. The molecule has 0 saturated carbocycles. The molecule has 1 aliphatic heterocycles. The Balaban J connectivity index is 1.54. The molecule has 0 radical (unpaired) electrons. The molecular formula is C20H26ClN5O3S. The number of hydrogen-bond donors (Lipinski definition) is 3. The number of benzene rings is 1. The van der Waals surface area contributed by atoms with Crippen LogP contribution in [-0.4, -0.2) is 57.9 Å². The number of cyclic esters (lactones) is 1. The molecule has 2 aromatic rings. The molecule has 3 N–H and O–H groups in total. The number of thiophene rings is 1. The van der Waals surface area contributed by atoms with Crippen molar-refractivity contribution in [2.75, 3.05) is 49.7 Å². The first-order chi connectivity index (χ1) is 14.5. The number of likely N-dealkylation sites (N-methyl/N-ethyl adjacent to an activating group) is 1. The number of ether oxygens (including phenoxy) is 1. The van der Waals surface area contributed by atoms with Gasteiger partial charge in [-0.25, -0.2) is 10.2 Å². The maximum atomic E-state index is 12.3. The van der Waals surface area contributed by atoms with Crippen LogP contribution in [0.1, 0.15) is 16.6 Å². The number of carbonyl (C=O) groups excluding carboxylic acids is 2. The van der Waals surface area contributed by atoms with Gasteiger partial charge in [0, 0.05) is 25.8 Å². The zero-order valence-corrected chi connectivity index (χ0v) is 18.6. The predicted octanol–water partition coefficient (Wildman–Crippen LogP) is 2.71. The highest BCUT2D eigenvalue weighted by Crippen LogP contribution is 2.25. The van der Waals surface area contributed by atoms with Crippen molar-refractivity contribution in [2.24, 2.45) is 0 Å². The highest BCUT2D eigenvalue weighted by atomic mass is 35.5. The highest BCUT2D eigenvalue weighted by Gasteiger charge is 2.32. The Labute approximate surface area is 185 Å². The summed E-state index contributed by atoms with van der Waals surface area (Å²) in [6.07, 6.45) is -0.829. The summed E-state index contributed by atoms with van der Waals surface area (Å²) in [6.45, 7) is 5.29. The van der Waals surface area contributed by atoms with Crippen LogP contribution in [0.3, 0.4) is 0 Å². The Kier molecular flexibility index (Phi) is 7.92. The van der Waals surface area contributed by atoms with Crippen molar-refractivity contribution in [1.82, 2.24) is 16.1 Å². The minimum atomic E-state index is -0.418. The van der Waals surface area contributed by atoms with E-state index >= 15 is 0 Å². The second-order valence-electron chi connectivity index (χ2n) is 6.68. The minimum Gasteiger partial charge on any atom is -0.442 e. The molecule has 2 amide bonds. The van der Waals surface area contributed by atoms with E-state index in [-0.39, 0.29) is 12.5 Å². The van der Waals surface area contributed by atoms with Crippen molar-refractivity contribution in [1.29, 1.82) is 0 Å². The zero-order valence-electron chi connectivity index (χ0n) is 17.0. The van der Waals surface area contributed by atoms with Crippen LogP contribution in [-0.2, 0) is 4.74 Å². The van der Waals surface area contributed by atoms with Crippen molar-refractivity contribution in [3.63, 3.8) is 0 Å². The van der Waals surface area contributed by atoms with E-state index in [2.05, 4.69) is 23.0 Å². The Bertz CT molecular complexity index is 860. The Morgan fingerprint density at radius 2 is 2.07 bits per heavy atom. The lowest BCUT2D eigenvalue weighted by atomic mass is 10.2. The third-order valence-corrected chi connectivity index (χ3v) is 5.90. The van der Waals surface area contributed by atoms with Crippen LogP contribution in [0, 0.1) is 0 Å². The summed E-state index contributed by atoms with van der Waals surface area (Å²) in [7, 11) is 1.88. The zero-order chi connectivity index (χ0) is 21.5. The first-order valence-electron chi connectivity index (χ1n) is 9.79. The smallest absolute Gasteiger partial charge is 0.414 e. The van der Waals surface area contributed by atoms with Gasteiger partial charge in [-0.2, -0.15) is 0 Å². The van der Waals surface area contributed by atoms with Gasteiger partial charge in [0.05, 0.1) is 28.0 Å². The molecule has 0 aliphatic carbocycles. The van der Waals surface area contributed by atoms with Crippen molar-refractivity contribution in [2.45, 2.75) is 13.0 Å².